The van der Waals surface area contributed by atoms with E-state index < -0.39 is 0 Å². The Kier molecular flexibility index (Phi) is 7.43. The van der Waals surface area contributed by atoms with E-state index in [1.807, 2.05) is 29.1 Å². The average Bonchev–Trinajstić information content (AvgIpc) is 2.39. The molecule has 1 amide bonds. The number of amides is 1. The van der Waals surface area contributed by atoms with Crippen LogP contribution in [0.15, 0.2) is 22.9 Å². The zero-order valence-corrected chi connectivity index (χ0v) is 13.9. The van der Waals surface area contributed by atoms with Crippen LogP contribution in [0.3, 0.4) is 0 Å². The molecule has 0 aliphatic carbocycles. The van der Waals surface area contributed by atoms with Gasteiger partial charge in [0.2, 0.25) is 5.91 Å². The minimum absolute atomic E-state index is 0. The van der Waals surface area contributed by atoms with E-state index in [9.17, 15) is 4.79 Å². The fourth-order valence-electron chi connectivity index (χ4n) is 2.16. The number of aromatic nitrogens is 1. The molecule has 2 heterocycles. The van der Waals surface area contributed by atoms with Gasteiger partial charge in [0.1, 0.15) is 0 Å². The lowest BCUT2D eigenvalue weighted by molar-refractivity contribution is -0.132. The van der Waals surface area contributed by atoms with Crippen molar-refractivity contribution in [2.24, 2.45) is 0 Å². The Hall–Kier alpha value is -0.690. The Balaban J connectivity index is 0.00000200. The number of rotatable bonds is 4. The molecule has 7 heteroatoms. The second-order valence-electron chi connectivity index (χ2n) is 4.81. The highest BCUT2D eigenvalue weighted by atomic mass is 79.9. The van der Waals surface area contributed by atoms with Crippen molar-refractivity contribution in [3.05, 3.63) is 28.5 Å². The van der Waals surface area contributed by atoms with E-state index in [1.54, 1.807) is 6.20 Å². The fraction of sp³-hybridized carbons (Fsp3) is 0.538. The smallest absolute Gasteiger partial charge is 0.236 e. The molecule has 0 bridgehead atoms. The van der Waals surface area contributed by atoms with Gasteiger partial charge in [-0.15, -0.1) is 12.4 Å². The zero-order valence-electron chi connectivity index (χ0n) is 11.5. The summed E-state index contributed by atoms with van der Waals surface area (Å²) in [6.45, 7) is 4.59. The maximum absolute atomic E-state index is 12.1. The van der Waals surface area contributed by atoms with Gasteiger partial charge in [-0.2, -0.15) is 0 Å². The highest BCUT2D eigenvalue weighted by molar-refractivity contribution is 9.10. The van der Waals surface area contributed by atoms with Crippen molar-refractivity contribution in [3.8, 4) is 0 Å². The highest BCUT2D eigenvalue weighted by Gasteiger charge is 2.17. The van der Waals surface area contributed by atoms with E-state index in [0.29, 0.717) is 6.54 Å². The predicted molar refractivity (Wildman–Crippen MR) is 85.0 cm³/mol. The highest BCUT2D eigenvalue weighted by Crippen LogP contribution is 2.11. The molecule has 1 saturated heterocycles. The summed E-state index contributed by atoms with van der Waals surface area (Å²) in [6.07, 6.45) is 3.59. The van der Waals surface area contributed by atoms with E-state index in [2.05, 4.69) is 26.2 Å². The lowest BCUT2D eigenvalue weighted by Gasteiger charge is -2.29. The number of nitrogens with zero attached hydrogens (tertiary/aromatic N) is 3. The van der Waals surface area contributed by atoms with E-state index >= 15 is 0 Å². The first kappa shape index (κ1) is 17.4. The van der Waals surface area contributed by atoms with Crippen molar-refractivity contribution < 1.29 is 4.79 Å². The SMILES string of the molecule is CN(CC(=O)N1CCNCC1)Cc1cncc(Br)c1.Cl. The first-order valence-electron chi connectivity index (χ1n) is 6.41. The Morgan fingerprint density at radius 2 is 2.15 bits per heavy atom. The Labute approximate surface area is 134 Å². The molecule has 0 spiro atoms. The number of carbonyl (C=O) groups is 1. The predicted octanol–water partition coefficient (Wildman–Crippen LogP) is 1.13. The fourth-order valence-corrected chi connectivity index (χ4v) is 2.57. The minimum Gasteiger partial charge on any atom is -0.339 e. The van der Waals surface area contributed by atoms with Gasteiger partial charge in [0.05, 0.1) is 6.54 Å². The second-order valence-corrected chi connectivity index (χ2v) is 5.73. The second kappa shape index (κ2) is 8.56. The van der Waals surface area contributed by atoms with Gasteiger partial charge >= 0.3 is 0 Å². The van der Waals surface area contributed by atoms with Gasteiger partial charge in [-0.1, -0.05) is 0 Å². The number of piperazine rings is 1. The molecular weight excluding hydrogens is 344 g/mol. The number of halogens is 2. The largest absolute Gasteiger partial charge is 0.339 e. The number of pyridine rings is 1. The summed E-state index contributed by atoms with van der Waals surface area (Å²) in [6, 6.07) is 2.03. The van der Waals surface area contributed by atoms with Gasteiger partial charge in [-0.05, 0) is 34.6 Å². The lowest BCUT2D eigenvalue weighted by Crippen LogP contribution is -2.49. The first-order chi connectivity index (χ1) is 9.15. The van der Waals surface area contributed by atoms with Crippen LogP contribution in [-0.4, -0.2) is 60.5 Å². The van der Waals surface area contributed by atoms with Crippen LogP contribution < -0.4 is 5.32 Å². The molecule has 1 aromatic heterocycles. The van der Waals surface area contributed by atoms with Crippen molar-refractivity contribution in [3.63, 3.8) is 0 Å². The van der Waals surface area contributed by atoms with Crippen LogP contribution in [0.5, 0.6) is 0 Å². The van der Waals surface area contributed by atoms with Crippen molar-refractivity contribution in [1.29, 1.82) is 0 Å². The molecule has 1 aliphatic heterocycles. The van der Waals surface area contributed by atoms with E-state index in [-0.39, 0.29) is 18.3 Å². The summed E-state index contributed by atoms with van der Waals surface area (Å²) in [4.78, 5) is 20.2. The standard InChI is InChI=1S/C13H19BrN4O.ClH/c1-17(9-11-6-12(14)8-16-7-11)10-13(19)18-4-2-15-3-5-18;/h6-8,15H,2-5,9-10H2,1H3;1H. The molecule has 1 aromatic rings. The average molecular weight is 364 g/mol. The summed E-state index contributed by atoms with van der Waals surface area (Å²) in [5.41, 5.74) is 1.10. The summed E-state index contributed by atoms with van der Waals surface area (Å²) >= 11 is 3.40. The first-order valence-corrected chi connectivity index (χ1v) is 7.21. The van der Waals surface area contributed by atoms with Gasteiger partial charge in [0.15, 0.2) is 0 Å². The third kappa shape index (κ3) is 5.36. The summed E-state index contributed by atoms with van der Waals surface area (Å²) in [5.74, 6) is 0.201. The monoisotopic (exact) mass is 362 g/mol. The number of nitrogens with one attached hydrogen (secondary N) is 1. The molecule has 5 nitrogen and oxygen atoms in total. The molecule has 1 fully saturated rings. The van der Waals surface area contributed by atoms with Crippen LogP contribution in [0.1, 0.15) is 5.56 Å². The van der Waals surface area contributed by atoms with Crippen molar-refractivity contribution >= 4 is 34.2 Å². The van der Waals surface area contributed by atoms with Crippen molar-refractivity contribution in [1.82, 2.24) is 20.1 Å². The van der Waals surface area contributed by atoms with E-state index in [4.69, 9.17) is 0 Å². The van der Waals surface area contributed by atoms with Crippen LogP contribution in [0.25, 0.3) is 0 Å². The Morgan fingerprint density at radius 1 is 1.45 bits per heavy atom. The molecule has 0 radical (unpaired) electrons. The van der Waals surface area contributed by atoms with Gasteiger partial charge < -0.3 is 10.2 Å². The zero-order chi connectivity index (χ0) is 13.7. The number of carbonyl (C=O) groups excluding carboxylic acids is 1. The molecule has 2 rings (SSSR count). The summed E-state index contributed by atoms with van der Waals surface area (Å²) < 4.78 is 0.965. The maximum Gasteiger partial charge on any atom is 0.236 e. The Morgan fingerprint density at radius 3 is 2.80 bits per heavy atom. The number of hydrogen-bond acceptors (Lipinski definition) is 4. The van der Waals surface area contributed by atoms with Crippen LogP contribution in [0.2, 0.25) is 0 Å². The summed E-state index contributed by atoms with van der Waals surface area (Å²) in [5, 5.41) is 3.25. The van der Waals surface area contributed by atoms with Crippen LogP contribution in [0.4, 0.5) is 0 Å². The normalized spacial score (nSPS) is 15.1. The molecule has 1 N–H and O–H groups in total. The number of likely N-dealkylation sites (N-methyl/N-ethyl adjacent to an activating group) is 1. The topological polar surface area (TPSA) is 48.5 Å². The molecule has 0 saturated carbocycles. The van der Waals surface area contributed by atoms with Gasteiger partial charge in [-0.3, -0.25) is 14.7 Å². The van der Waals surface area contributed by atoms with Crippen molar-refractivity contribution in [2.45, 2.75) is 6.54 Å². The lowest BCUT2D eigenvalue weighted by atomic mass is 10.2. The van der Waals surface area contributed by atoms with Crippen LogP contribution >= 0.6 is 28.3 Å². The molecule has 0 unspecified atom stereocenters. The maximum atomic E-state index is 12.1. The van der Waals surface area contributed by atoms with Crippen LogP contribution in [0, 0.1) is 0 Å². The molecule has 20 heavy (non-hydrogen) atoms. The number of hydrogen-bond donors (Lipinski definition) is 1. The molecule has 0 atom stereocenters. The summed E-state index contributed by atoms with van der Waals surface area (Å²) in [7, 11) is 1.96. The van der Waals surface area contributed by atoms with E-state index in [0.717, 1.165) is 42.8 Å². The molecule has 0 aromatic carbocycles. The minimum atomic E-state index is 0. The van der Waals surface area contributed by atoms with Crippen molar-refractivity contribution in [2.75, 3.05) is 39.8 Å². The van der Waals surface area contributed by atoms with E-state index in [1.165, 1.54) is 0 Å². The third-order valence-corrected chi connectivity index (χ3v) is 3.52. The van der Waals surface area contributed by atoms with Gasteiger partial charge in [0.25, 0.3) is 0 Å². The quantitative estimate of drug-likeness (QED) is 0.871. The third-order valence-electron chi connectivity index (χ3n) is 3.09. The van der Waals surface area contributed by atoms with Gasteiger partial charge in [0, 0.05) is 49.6 Å². The molecule has 112 valence electrons. The molecular formula is C13H20BrClN4O. The molecule has 1 aliphatic rings. The van der Waals surface area contributed by atoms with Gasteiger partial charge in [-0.25, -0.2) is 0 Å². The van der Waals surface area contributed by atoms with Crippen LogP contribution in [-0.2, 0) is 11.3 Å². The Bertz CT molecular complexity index is 440.